The molecule has 0 amide bonds. The van der Waals surface area contributed by atoms with Gasteiger partial charge in [0.15, 0.2) is 5.76 Å². The van der Waals surface area contributed by atoms with Crippen LogP contribution in [0.3, 0.4) is 0 Å². The molecule has 2 aromatic rings. The van der Waals surface area contributed by atoms with Gasteiger partial charge in [0.1, 0.15) is 5.75 Å². The number of oxazole rings is 1. The minimum absolute atomic E-state index is 0.522. The Morgan fingerprint density at radius 1 is 1.41 bits per heavy atom. The number of aromatic nitrogens is 1. The Bertz CT molecular complexity index is 506. The summed E-state index contributed by atoms with van der Waals surface area (Å²) >= 11 is 0. The van der Waals surface area contributed by atoms with E-state index >= 15 is 0 Å². The maximum atomic E-state index is 5.53. The van der Waals surface area contributed by atoms with E-state index < -0.39 is 0 Å². The van der Waals surface area contributed by atoms with Gasteiger partial charge in [0, 0.05) is 12.6 Å². The molecule has 0 aliphatic carbocycles. The number of benzene rings is 1. The number of anilines is 1. The second-order valence-electron chi connectivity index (χ2n) is 3.66. The lowest BCUT2D eigenvalue weighted by atomic mass is 10.1. The highest BCUT2D eigenvalue weighted by molar-refractivity contribution is 5.60. The number of methoxy groups -OCH3 is 1. The van der Waals surface area contributed by atoms with Gasteiger partial charge in [-0.25, -0.2) is 4.98 Å². The van der Waals surface area contributed by atoms with Crippen LogP contribution in [0.1, 0.15) is 12.5 Å². The zero-order chi connectivity index (χ0) is 12.3. The molecule has 0 saturated heterocycles. The van der Waals surface area contributed by atoms with E-state index in [0.29, 0.717) is 6.01 Å². The lowest BCUT2D eigenvalue weighted by Crippen LogP contribution is -1.90. The molecule has 0 fully saturated rings. The number of rotatable bonds is 4. The van der Waals surface area contributed by atoms with Crippen LogP contribution in [-0.2, 0) is 6.42 Å². The molecule has 1 aromatic carbocycles. The lowest BCUT2D eigenvalue weighted by Gasteiger charge is -2.07. The molecule has 0 aliphatic rings. The molecular formula is C13H16N2O2. The second kappa shape index (κ2) is 4.91. The van der Waals surface area contributed by atoms with E-state index in [1.165, 1.54) is 0 Å². The first-order valence-electron chi connectivity index (χ1n) is 5.59. The Balaban J connectivity index is 2.38. The number of nitrogens with one attached hydrogen (secondary N) is 1. The topological polar surface area (TPSA) is 47.3 Å². The van der Waals surface area contributed by atoms with Crippen LogP contribution in [0.15, 0.2) is 28.8 Å². The highest BCUT2D eigenvalue weighted by atomic mass is 16.5. The lowest BCUT2D eigenvalue weighted by molar-refractivity contribution is 0.410. The van der Waals surface area contributed by atoms with Crippen molar-refractivity contribution in [1.82, 2.24) is 4.98 Å². The Kier molecular flexibility index (Phi) is 3.32. The highest BCUT2D eigenvalue weighted by Gasteiger charge is 2.08. The standard InChI is InChI=1S/C13H16N2O2/c1-4-9-7-10(5-6-11(9)16-3)12-8-15-13(14-2)17-12/h5-8H,4H2,1-3H3,(H,14,15). The number of aryl methyl sites for hydroxylation is 1. The summed E-state index contributed by atoms with van der Waals surface area (Å²) in [4.78, 5) is 4.10. The molecule has 0 spiro atoms. The third kappa shape index (κ3) is 2.25. The number of ether oxygens (including phenoxy) is 1. The van der Waals surface area contributed by atoms with Gasteiger partial charge in [0.2, 0.25) is 0 Å². The summed E-state index contributed by atoms with van der Waals surface area (Å²) in [6.45, 7) is 2.10. The van der Waals surface area contributed by atoms with Crippen molar-refractivity contribution in [3.8, 4) is 17.1 Å². The van der Waals surface area contributed by atoms with Gasteiger partial charge >= 0.3 is 0 Å². The van der Waals surface area contributed by atoms with Gasteiger partial charge in [-0.2, -0.15) is 0 Å². The molecule has 4 heteroatoms. The average molecular weight is 232 g/mol. The van der Waals surface area contributed by atoms with Gasteiger partial charge in [-0.1, -0.05) is 6.92 Å². The van der Waals surface area contributed by atoms with Crippen LogP contribution in [-0.4, -0.2) is 19.1 Å². The fourth-order valence-electron chi connectivity index (χ4n) is 1.73. The first-order valence-corrected chi connectivity index (χ1v) is 5.59. The van der Waals surface area contributed by atoms with Crippen LogP contribution in [0.5, 0.6) is 5.75 Å². The van der Waals surface area contributed by atoms with E-state index in [-0.39, 0.29) is 0 Å². The van der Waals surface area contributed by atoms with E-state index in [1.54, 1.807) is 20.4 Å². The average Bonchev–Trinajstić information content (AvgIpc) is 2.86. The van der Waals surface area contributed by atoms with Crippen molar-refractivity contribution in [3.05, 3.63) is 30.0 Å². The molecule has 1 heterocycles. The molecule has 0 bridgehead atoms. The Morgan fingerprint density at radius 3 is 2.82 bits per heavy atom. The van der Waals surface area contributed by atoms with Crippen LogP contribution in [0.25, 0.3) is 11.3 Å². The maximum absolute atomic E-state index is 5.53. The molecule has 1 N–H and O–H groups in total. The van der Waals surface area contributed by atoms with Crippen LogP contribution in [0.4, 0.5) is 6.01 Å². The first-order chi connectivity index (χ1) is 8.28. The van der Waals surface area contributed by atoms with Crippen LogP contribution in [0.2, 0.25) is 0 Å². The van der Waals surface area contributed by atoms with Crippen LogP contribution < -0.4 is 10.1 Å². The quantitative estimate of drug-likeness (QED) is 0.880. The van der Waals surface area contributed by atoms with Gasteiger partial charge in [-0.15, -0.1) is 0 Å². The van der Waals surface area contributed by atoms with Gasteiger partial charge in [0.05, 0.1) is 13.3 Å². The number of nitrogens with zero attached hydrogens (tertiary/aromatic N) is 1. The van der Waals surface area contributed by atoms with E-state index in [0.717, 1.165) is 29.1 Å². The van der Waals surface area contributed by atoms with Gasteiger partial charge < -0.3 is 14.5 Å². The van der Waals surface area contributed by atoms with Gasteiger partial charge in [-0.3, -0.25) is 0 Å². The molecule has 4 nitrogen and oxygen atoms in total. The fraction of sp³-hybridized carbons (Fsp3) is 0.308. The Labute approximate surface area is 101 Å². The maximum Gasteiger partial charge on any atom is 0.294 e. The van der Waals surface area contributed by atoms with Crippen LogP contribution in [0, 0.1) is 0 Å². The third-order valence-electron chi connectivity index (χ3n) is 2.67. The van der Waals surface area contributed by atoms with E-state index in [9.17, 15) is 0 Å². The predicted octanol–water partition coefficient (Wildman–Crippen LogP) is 2.95. The molecule has 0 radical (unpaired) electrons. The smallest absolute Gasteiger partial charge is 0.294 e. The molecule has 0 aliphatic heterocycles. The number of hydrogen-bond acceptors (Lipinski definition) is 4. The monoisotopic (exact) mass is 232 g/mol. The largest absolute Gasteiger partial charge is 0.496 e. The summed E-state index contributed by atoms with van der Waals surface area (Å²) in [6, 6.07) is 6.51. The van der Waals surface area contributed by atoms with Crippen molar-refractivity contribution < 1.29 is 9.15 Å². The molecule has 0 saturated carbocycles. The molecule has 0 atom stereocenters. The van der Waals surface area contributed by atoms with Gasteiger partial charge in [0.25, 0.3) is 6.01 Å². The third-order valence-corrected chi connectivity index (χ3v) is 2.67. The summed E-state index contributed by atoms with van der Waals surface area (Å²) in [5.74, 6) is 1.66. The summed E-state index contributed by atoms with van der Waals surface area (Å²) in [6.07, 6.45) is 2.64. The molecule has 0 unspecified atom stereocenters. The van der Waals surface area contributed by atoms with E-state index in [4.69, 9.17) is 9.15 Å². The first kappa shape index (κ1) is 11.5. The SMILES string of the molecule is CCc1cc(-c2cnc(NC)o2)ccc1OC. The minimum Gasteiger partial charge on any atom is -0.496 e. The van der Waals surface area contributed by atoms with Crippen molar-refractivity contribution >= 4 is 6.01 Å². The van der Waals surface area contributed by atoms with Gasteiger partial charge in [-0.05, 0) is 30.2 Å². The molecular weight excluding hydrogens is 216 g/mol. The Hall–Kier alpha value is -1.97. The van der Waals surface area contributed by atoms with Crippen molar-refractivity contribution in [2.24, 2.45) is 0 Å². The molecule has 17 heavy (non-hydrogen) atoms. The Morgan fingerprint density at radius 2 is 2.24 bits per heavy atom. The van der Waals surface area contributed by atoms with Crippen molar-refractivity contribution in [3.63, 3.8) is 0 Å². The molecule has 2 rings (SSSR count). The molecule has 90 valence electrons. The second-order valence-corrected chi connectivity index (χ2v) is 3.66. The number of hydrogen-bond donors (Lipinski definition) is 1. The summed E-state index contributed by atoms with van der Waals surface area (Å²) in [5.41, 5.74) is 2.17. The summed E-state index contributed by atoms with van der Waals surface area (Å²) in [5, 5.41) is 2.87. The zero-order valence-corrected chi connectivity index (χ0v) is 10.3. The summed E-state index contributed by atoms with van der Waals surface area (Å²) in [7, 11) is 3.46. The minimum atomic E-state index is 0.522. The van der Waals surface area contributed by atoms with Crippen LogP contribution >= 0.6 is 0 Å². The highest BCUT2D eigenvalue weighted by Crippen LogP contribution is 2.28. The van der Waals surface area contributed by atoms with E-state index in [2.05, 4.69) is 23.3 Å². The van der Waals surface area contributed by atoms with Crippen molar-refractivity contribution in [2.45, 2.75) is 13.3 Å². The van der Waals surface area contributed by atoms with E-state index in [1.807, 2.05) is 12.1 Å². The molecule has 1 aromatic heterocycles. The normalized spacial score (nSPS) is 10.3. The van der Waals surface area contributed by atoms with Crippen molar-refractivity contribution in [2.75, 3.05) is 19.5 Å². The fourth-order valence-corrected chi connectivity index (χ4v) is 1.73. The van der Waals surface area contributed by atoms with Crippen molar-refractivity contribution in [1.29, 1.82) is 0 Å². The zero-order valence-electron chi connectivity index (χ0n) is 10.3. The summed E-state index contributed by atoms with van der Waals surface area (Å²) < 4.78 is 10.8. The predicted molar refractivity (Wildman–Crippen MR) is 67.4 cm³/mol.